The molecule has 0 aromatic carbocycles. The van der Waals surface area contributed by atoms with Crippen LogP contribution in [0.5, 0.6) is 0 Å². The number of hydrogen-bond acceptors (Lipinski definition) is 5. The van der Waals surface area contributed by atoms with Gasteiger partial charge in [0, 0.05) is 29.5 Å². The van der Waals surface area contributed by atoms with E-state index < -0.39 is 10.0 Å². The van der Waals surface area contributed by atoms with Crippen LogP contribution in [0.4, 0.5) is 0 Å². The number of nitrogens with one attached hydrogen (secondary N) is 2. The molecule has 20 heavy (non-hydrogen) atoms. The first-order chi connectivity index (χ1) is 9.40. The Hall–Kier alpha value is -0.470. The summed E-state index contributed by atoms with van der Waals surface area (Å²) in [6.45, 7) is 7.50. The van der Waals surface area contributed by atoms with Crippen molar-refractivity contribution in [1.82, 2.24) is 10.0 Å². The van der Waals surface area contributed by atoms with E-state index >= 15 is 0 Å². The molecule has 2 N–H and O–H groups in total. The fourth-order valence-corrected chi connectivity index (χ4v) is 4.30. The first-order valence-electron chi connectivity index (χ1n) is 6.72. The van der Waals surface area contributed by atoms with E-state index in [2.05, 4.69) is 10.0 Å². The van der Waals surface area contributed by atoms with E-state index in [1.165, 1.54) is 11.3 Å². The first-order valence-corrected chi connectivity index (χ1v) is 9.09. The Labute approximate surface area is 125 Å². The van der Waals surface area contributed by atoms with Crippen LogP contribution in [0.25, 0.3) is 0 Å². The molecular formula is C13H24N2O3S2. The molecule has 0 saturated heterocycles. The lowest BCUT2D eigenvalue weighted by atomic mass is 10.1. The zero-order valence-corrected chi connectivity index (χ0v) is 14.1. The van der Waals surface area contributed by atoms with Crippen LogP contribution in [0.15, 0.2) is 16.3 Å². The van der Waals surface area contributed by atoms with Crippen LogP contribution in [-0.2, 0) is 21.3 Å². The standard InChI is InChI=1S/C13H24N2O3S2/c1-5-18-8-13(10(2)3)15-20(16,17)12-6-11(7-14-4)19-9-12/h6,9-10,13-15H,5,7-8H2,1-4H3. The van der Waals surface area contributed by atoms with Gasteiger partial charge in [0.2, 0.25) is 10.0 Å². The van der Waals surface area contributed by atoms with Crippen LogP contribution in [0.3, 0.4) is 0 Å². The number of sulfonamides is 1. The zero-order valence-electron chi connectivity index (χ0n) is 12.5. The SMILES string of the molecule is CCOCC(NS(=O)(=O)c1csc(CNC)c1)C(C)C. The molecule has 1 rings (SSSR count). The summed E-state index contributed by atoms with van der Waals surface area (Å²) in [7, 11) is -1.64. The summed E-state index contributed by atoms with van der Waals surface area (Å²) >= 11 is 1.44. The molecule has 116 valence electrons. The van der Waals surface area contributed by atoms with E-state index in [1.54, 1.807) is 11.4 Å². The van der Waals surface area contributed by atoms with Crippen LogP contribution in [0, 0.1) is 5.92 Å². The molecule has 1 heterocycles. The van der Waals surface area contributed by atoms with Gasteiger partial charge < -0.3 is 10.1 Å². The van der Waals surface area contributed by atoms with Crippen molar-refractivity contribution in [3.05, 3.63) is 16.3 Å². The lowest BCUT2D eigenvalue weighted by molar-refractivity contribution is 0.116. The smallest absolute Gasteiger partial charge is 0.241 e. The summed E-state index contributed by atoms with van der Waals surface area (Å²) < 4.78 is 32.8. The summed E-state index contributed by atoms with van der Waals surface area (Å²) in [5, 5.41) is 4.68. The molecule has 0 radical (unpaired) electrons. The molecule has 1 aromatic heterocycles. The highest BCUT2D eigenvalue weighted by molar-refractivity contribution is 7.89. The summed E-state index contributed by atoms with van der Waals surface area (Å²) in [6.07, 6.45) is 0. The Morgan fingerprint density at radius 2 is 2.10 bits per heavy atom. The van der Waals surface area contributed by atoms with Gasteiger partial charge in [0.15, 0.2) is 0 Å². The summed E-state index contributed by atoms with van der Waals surface area (Å²) in [6, 6.07) is 1.49. The van der Waals surface area contributed by atoms with Gasteiger partial charge in [0.25, 0.3) is 0 Å². The van der Waals surface area contributed by atoms with Crippen molar-refractivity contribution >= 4 is 21.4 Å². The lowest BCUT2D eigenvalue weighted by Crippen LogP contribution is -2.41. The van der Waals surface area contributed by atoms with Gasteiger partial charge in [0.05, 0.1) is 11.5 Å². The molecule has 0 spiro atoms. The molecule has 0 aliphatic carbocycles. The lowest BCUT2D eigenvalue weighted by Gasteiger charge is -2.21. The van der Waals surface area contributed by atoms with Crippen molar-refractivity contribution in [3.63, 3.8) is 0 Å². The Kier molecular flexibility index (Phi) is 7.11. The third-order valence-electron chi connectivity index (χ3n) is 2.90. The zero-order chi connectivity index (χ0) is 15.2. The number of rotatable bonds is 9. The average molecular weight is 320 g/mol. The largest absolute Gasteiger partial charge is 0.380 e. The van der Waals surface area contributed by atoms with Gasteiger partial charge in [0.1, 0.15) is 0 Å². The van der Waals surface area contributed by atoms with E-state index in [1.807, 2.05) is 27.8 Å². The highest BCUT2D eigenvalue weighted by atomic mass is 32.2. The second kappa shape index (κ2) is 8.09. The normalized spacial score (nSPS) is 13.8. The maximum Gasteiger partial charge on any atom is 0.241 e. The molecule has 1 unspecified atom stereocenters. The molecule has 5 nitrogen and oxygen atoms in total. The molecule has 0 bridgehead atoms. The molecule has 7 heteroatoms. The van der Waals surface area contributed by atoms with Gasteiger partial charge in [-0.05, 0) is 26.0 Å². The van der Waals surface area contributed by atoms with E-state index in [-0.39, 0.29) is 12.0 Å². The monoisotopic (exact) mass is 320 g/mol. The summed E-state index contributed by atoms with van der Waals surface area (Å²) in [4.78, 5) is 1.33. The highest BCUT2D eigenvalue weighted by Crippen LogP contribution is 2.20. The van der Waals surface area contributed by atoms with Crippen molar-refractivity contribution < 1.29 is 13.2 Å². The predicted octanol–water partition coefficient (Wildman–Crippen LogP) is 1.81. The highest BCUT2D eigenvalue weighted by Gasteiger charge is 2.23. The van der Waals surface area contributed by atoms with Crippen molar-refractivity contribution in [2.24, 2.45) is 5.92 Å². The average Bonchev–Trinajstić information content (AvgIpc) is 2.84. The number of ether oxygens (including phenoxy) is 1. The minimum Gasteiger partial charge on any atom is -0.380 e. The first kappa shape index (κ1) is 17.6. The summed E-state index contributed by atoms with van der Waals surface area (Å²) in [5.41, 5.74) is 0. The quantitative estimate of drug-likeness (QED) is 0.728. The molecule has 0 fully saturated rings. The summed E-state index contributed by atoms with van der Waals surface area (Å²) in [5.74, 6) is 0.173. The minimum absolute atomic E-state index is 0.173. The second-order valence-electron chi connectivity index (χ2n) is 4.91. The third kappa shape index (κ3) is 5.14. The number of thiophene rings is 1. The molecule has 1 aromatic rings. The van der Waals surface area contributed by atoms with Gasteiger partial charge in [-0.1, -0.05) is 13.8 Å². The van der Waals surface area contributed by atoms with Crippen LogP contribution in [0.2, 0.25) is 0 Å². The Morgan fingerprint density at radius 3 is 2.65 bits per heavy atom. The van der Waals surface area contributed by atoms with Crippen LogP contribution in [-0.4, -0.2) is 34.7 Å². The fourth-order valence-electron chi connectivity index (χ4n) is 1.64. The van der Waals surface area contributed by atoms with Crippen molar-refractivity contribution in [2.45, 2.75) is 38.3 Å². The molecule has 0 amide bonds. The molecular weight excluding hydrogens is 296 g/mol. The minimum atomic E-state index is -3.48. The van der Waals surface area contributed by atoms with Gasteiger partial charge >= 0.3 is 0 Å². The number of hydrogen-bond donors (Lipinski definition) is 2. The van der Waals surface area contributed by atoms with Crippen LogP contribution < -0.4 is 10.0 Å². The van der Waals surface area contributed by atoms with E-state index in [0.717, 1.165) is 4.88 Å². The molecule has 0 aliphatic heterocycles. The van der Waals surface area contributed by atoms with E-state index in [9.17, 15) is 8.42 Å². The molecule has 0 saturated carbocycles. The van der Waals surface area contributed by atoms with Crippen molar-refractivity contribution in [1.29, 1.82) is 0 Å². The Morgan fingerprint density at radius 1 is 1.40 bits per heavy atom. The van der Waals surface area contributed by atoms with Gasteiger partial charge in [-0.25, -0.2) is 13.1 Å². The fraction of sp³-hybridized carbons (Fsp3) is 0.692. The Balaban J connectivity index is 2.80. The van der Waals surface area contributed by atoms with E-state index in [0.29, 0.717) is 24.7 Å². The van der Waals surface area contributed by atoms with Gasteiger partial charge in [-0.15, -0.1) is 11.3 Å². The maximum absolute atomic E-state index is 12.3. The van der Waals surface area contributed by atoms with Crippen LogP contribution >= 0.6 is 11.3 Å². The van der Waals surface area contributed by atoms with Crippen LogP contribution in [0.1, 0.15) is 25.6 Å². The topological polar surface area (TPSA) is 67.4 Å². The van der Waals surface area contributed by atoms with Gasteiger partial charge in [-0.3, -0.25) is 0 Å². The third-order valence-corrected chi connectivity index (χ3v) is 5.46. The molecule has 1 atom stereocenters. The van der Waals surface area contributed by atoms with Crippen molar-refractivity contribution in [2.75, 3.05) is 20.3 Å². The Bertz CT molecular complexity index is 497. The van der Waals surface area contributed by atoms with E-state index in [4.69, 9.17) is 4.74 Å². The second-order valence-corrected chi connectivity index (χ2v) is 7.62. The molecule has 0 aliphatic rings. The van der Waals surface area contributed by atoms with Crippen molar-refractivity contribution in [3.8, 4) is 0 Å². The predicted molar refractivity (Wildman–Crippen MR) is 82.5 cm³/mol. The van der Waals surface area contributed by atoms with Gasteiger partial charge in [-0.2, -0.15) is 0 Å². The maximum atomic E-state index is 12.3.